The monoisotopic (exact) mass is 356 g/mol. The zero-order valence-electron chi connectivity index (χ0n) is 15.8. The van der Waals surface area contributed by atoms with E-state index >= 15 is 0 Å². The van der Waals surface area contributed by atoms with Gasteiger partial charge in [0.25, 0.3) is 0 Å². The third-order valence-electron chi connectivity index (χ3n) is 6.76. The number of nitrogens with zero attached hydrogens (tertiary/aromatic N) is 3. The Kier molecular flexibility index (Phi) is 5.44. The molecule has 5 heteroatoms. The van der Waals surface area contributed by atoms with Gasteiger partial charge in [-0.15, -0.1) is 0 Å². The molecule has 1 aliphatic carbocycles. The topological polar surface area (TPSA) is 52.2 Å². The Morgan fingerprint density at radius 1 is 1.23 bits per heavy atom. The van der Waals surface area contributed by atoms with E-state index in [4.69, 9.17) is 0 Å². The molecular weight excluding hydrogens is 324 g/mol. The van der Waals surface area contributed by atoms with Gasteiger partial charge in [0.15, 0.2) is 0 Å². The van der Waals surface area contributed by atoms with E-state index in [-0.39, 0.29) is 0 Å². The minimum Gasteiger partial charge on any atom is -0.348 e. The number of piperidine rings is 2. The molecule has 0 aromatic carbocycles. The highest BCUT2D eigenvalue weighted by Gasteiger charge is 2.40. The van der Waals surface area contributed by atoms with Gasteiger partial charge in [-0.05, 0) is 62.9 Å². The molecule has 0 radical (unpaired) electrons. The van der Waals surface area contributed by atoms with Crippen molar-refractivity contribution >= 4 is 5.91 Å². The van der Waals surface area contributed by atoms with Gasteiger partial charge in [-0.3, -0.25) is 4.79 Å². The summed E-state index contributed by atoms with van der Waals surface area (Å²) in [7, 11) is 0. The first-order valence-corrected chi connectivity index (χ1v) is 10.3. The largest absolute Gasteiger partial charge is 0.348 e. The van der Waals surface area contributed by atoms with Gasteiger partial charge in [-0.2, -0.15) is 0 Å². The normalized spacial score (nSPS) is 26.5. The van der Waals surface area contributed by atoms with Gasteiger partial charge in [0, 0.05) is 44.4 Å². The lowest BCUT2D eigenvalue weighted by atomic mass is 9.72. The van der Waals surface area contributed by atoms with E-state index in [0.717, 1.165) is 44.0 Å². The van der Waals surface area contributed by atoms with Crippen LogP contribution in [0.1, 0.15) is 50.6 Å². The van der Waals surface area contributed by atoms with Crippen LogP contribution in [-0.4, -0.2) is 58.4 Å². The third kappa shape index (κ3) is 4.20. The lowest BCUT2D eigenvalue weighted by Crippen LogP contribution is -2.52. The number of H-pyrrole nitrogens is 1. The molecule has 4 rings (SSSR count). The van der Waals surface area contributed by atoms with Crippen molar-refractivity contribution < 1.29 is 4.79 Å². The van der Waals surface area contributed by atoms with Crippen LogP contribution in [0.2, 0.25) is 0 Å². The molecule has 1 aromatic rings. The molecule has 142 valence electrons. The molecule has 3 aliphatic rings. The predicted molar refractivity (Wildman–Crippen MR) is 103 cm³/mol. The van der Waals surface area contributed by atoms with Gasteiger partial charge in [-0.1, -0.05) is 12.2 Å². The van der Waals surface area contributed by atoms with Crippen molar-refractivity contribution in [2.45, 2.75) is 51.4 Å². The van der Waals surface area contributed by atoms with Crippen LogP contribution in [0.4, 0.5) is 0 Å². The number of aromatic amines is 1. The van der Waals surface area contributed by atoms with Gasteiger partial charge >= 0.3 is 0 Å². The van der Waals surface area contributed by atoms with E-state index in [9.17, 15) is 4.79 Å². The summed E-state index contributed by atoms with van der Waals surface area (Å²) in [5, 5.41) is 0. The number of amides is 1. The average molecular weight is 357 g/mol. The zero-order valence-corrected chi connectivity index (χ0v) is 15.8. The van der Waals surface area contributed by atoms with Gasteiger partial charge in [0.05, 0.1) is 6.33 Å². The molecule has 1 aromatic heterocycles. The molecule has 3 heterocycles. The predicted octanol–water partition coefficient (Wildman–Crippen LogP) is 3.01. The SMILES string of the molecule is O=C1CCC2(CCN(C[C@@H]3CC=CCC3)CC2)CN1CCc1cnc[nH]1. The fourth-order valence-corrected chi connectivity index (χ4v) is 4.99. The van der Waals surface area contributed by atoms with Gasteiger partial charge in [0.2, 0.25) is 5.91 Å². The number of likely N-dealkylation sites (tertiary alicyclic amines) is 2. The summed E-state index contributed by atoms with van der Waals surface area (Å²) in [4.78, 5) is 24.4. The molecule has 2 fully saturated rings. The average Bonchev–Trinajstić information content (AvgIpc) is 3.19. The number of carbonyl (C=O) groups excluding carboxylic acids is 1. The second-order valence-corrected chi connectivity index (χ2v) is 8.59. The Bertz CT molecular complexity index is 616. The molecular formula is C21H32N4O. The zero-order chi connectivity index (χ0) is 17.8. The van der Waals surface area contributed by atoms with Gasteiger partial charge < -0.3 is 14.8 Å². The molecule has 1 amide bonds. The second kappa shape index (κ2) is 7.95. The van der Waals surface area contributed by atoms with Crippen molar-refractivity contribution in [1.82, 2.24) is 19.8 Å². The molecule has 0 saturated carbocycles. The maximum absolute atomic E-state index is 12.4. The minimum atomic E-state index is 0.339. The summed E-state index contributed by atoms with van der Waals surface area (Å²) in [6.07, 6.45) is 17.4. The Morgan fingerprint density at radius 3 is 2.85 bits per heavy atom. The maximum atomic E-state index is 12.4. The number of rotatable bonds is 5. The first-order chi connectivity index (χ1) is 12.7. The summed E-state index contributed by atoms with van der Waals surface area (Å²) in [6, 6.07) is 0. The lowest BCUT2D eigenvalue weighted by Gasteiger charge is -2.48. The van der Waals surface area contributed by atoms with E-state index in [1.807, 2.05) is 6.20 Å². The number of carbonyl (C=O) groups is 1. The Balaban J connectivity index is 1.28. The van der Waals surface area contributed by atoms with Crippen molar-refractivity contribution in [3.63, 3.8) is 0 Å². The van der Waals surface area contributed by atoms with E-state index < -0.39 is 0 Å². The van der Waals surface area contributed by atoms with Crippen molar-refractivity contribution in [3.05, 3.63) is 30.4 Å². The van der Waals surface area contributed by atoms with E-state index in [2.05, 4.69) is 31.9 Å². The van der Waals surface area contributed by atoms with Crippen LogP contribution in [0, 0.1) is 11.3 Å². The molecule has 5 nitrogen and oxygen atoms in total. The van der Waals surface area contributed by atoms with Crippen molar-refractivity contribution in [3.8, 4) is 0 Å². The number of nitrogens with one attached hydrogen (secondary N) is 1. The molecule has 2 aliphatic heterocycles. The maximum Gasteiger partial charge on any atom is 0.222 e. The Morgan fingerprint density at radius 2 is 2.12 bits per heavy atom. The van der Waals surface area contributed by atoms with Crippen LogP contribution in [-0.2, 0) is 11.2 Å². The van der Waals surface area contributed by atoms with E-state index in [1.165, 1.54) is 51.7 Å². The number of aromatic nitrogens is 2. The fraction of sp³-hybridized carbons (Fsp3) is 0.714. The van der Waals surface area contributed by atoms with E-state index in [1.54, 1.807) is 6.33 Å². The molecule has 2 saturated heterocycles. The Labute approximate surface area is 156 Å². The van der Waals surface area contributed by atoms with Crippen molar-refractivity contribution in [2.24, 2.45) is 11.3 Å². The first-order valence-electron chi connectivity index (χ1n) is 10.3. The molecule has 1 N–H and O–H groups in total. The van der Waals surface area contributed by atoms with E-state index in [0.29, 0.717) is 11.3 Å². The summed E-state index contributed by atoms with van der Waals surface area (Å²) >= 11 is 0. The fourth-order valence-electron chi connectivity index (χ4n) is 4.99. The number of hydrogen-bond donors (Lipinski definition) is 1. The van der Waals surface area contributed by atoms with Crippen LogP contribution < -0.4 is 0 Å². The summed E-state index contributed by atoms with van der Waals surface area (Å²) in [6.45, 7) is 5.47. The molecule has 1 spiro atoms. The standard InChI is InChI=1S/C21H32N4O/c26-20-6-8-21(16-25(20)11-7-19-14-22-17-23-19)9-12-24(13-10-21)15-18-4-2-1-3-5-18/h1-2,14,17-18H,3-13,15-16H2,(H,22,23)/t18-/m1/s1. The van der Waals surface area contributed by atoms with Gasteiger partial charge in [-0.25, -0.2) is 4.98 Å². The van der Waals surface area contributed by atoms with Crippen molar-refractivity contribution in [2.75, 3.05) is 32.7 Å². The smallest absolute Gasteiger partial charge is 0.222 e. The molecule has 0 unspecified atom stereocenters. The van der Waals surface area contributed by atoms with Crippen LogP contribution in [0.25, 0.3) is 0 Å². The lowest BCUT2D eigenvalue weighted by molar-refractivity contribution is -0.139. The van der Waals surface area contributed by atoms with Gasteiger partial charge in [0.1, 0.15) is 0 Å². The van der Waals surface area contributed by atoms with Crippen LogP contribution in [0.15, 0.2) is 24.7 Å². The van der Waals surface area contributed by atoms with Crippen molar-refractivity contribution in [1.29, 1.82) is 0 Å². The Hall–Kier alpha value is -1.62. The second-order valence-electron chi connectivity index (χ2n) is 8.59. The van der Waals surface area contributed by atoms with Crippen LogP contribution in [0.3, 0.4) is 0 Å². The summed E-state index contributed by atoms with van der Waals surface area (Å²) < 4.78 is 0. The number of allylic oxidation sites excluding steroid dienone is 2. The highest BCUT2D eigenvalue weighted by atomic mass is 16.2. The molecule has 26 heavy (non-hydrogen) atoms. The summed E-state index contributed by atoms with van der Waals surface area (Å²) in [5.41, 5.74) is 1.49. The summed E-state index contributed by atoms with van der Waals surface area (Å²) in [5.74, 6) is 1.19. The molecule has 0 bridgehead atoms. The van der Waals surface area contributed by atoms with Crippen LogP contribution >= 0.6 is 0 Å². The number of hydrogen-bond acceptors (Lipinski definition) is 3. The highest BCUT2D eigenvalue weighted by Crippen LogP contribution is 2.40. The third-order valence-corrected chi connectivity index (χ3v) is 6.76. The molecule has 1 atom stereocenters. The minimum absolute atomic E-state index is 0.339. The highest BCUT2D eigenvalue weighted by molar-refractivity contribution is 5.77. The number of imidazole rings is 1. The first kappa shape index (κ1) is 17.8. The van der Waals surface area contributed by atoms with Crippen LogP contribution in [0.5, 0.6) is 0 Å². The quantitative estimate of drug-likeness (QED) is 0.825.